The molecule has 0 aromatic carbocycles. The van der Waals surface area contributed by atoms with Crippen molar-refractivity contribution in [3.8, 4) is 5.88 Å². The minimum Gasteiger partial charge on any atom is -0.513 e. The SMILES string of the molecule is COc1nc(/C(N)=C/O)ccc1Br. The van der Waals surface area contributed by atoms with Crippen molar-refractivity contribution in [3.63, 3.8) is 0 Å². The Morgan fingerprint density at radius 1 is 1.69 bits per heavy atom. The molecule has 0 aliphatic rings. The van der Waals surface area contributed by atoms with Crippen LogP contribution in [0.25, 0.3) is 5.70 Å². The summed E-state index contributed by atoms with van der Waals surface area (Å²) in [5.74, 6) is 0.433. The van der Waals surface area contributed by atoms with Gasteiger partial charge in [0, 0.05) is 0 Å². The van der Waals surface area contributed by atoms with Gasteiger partial charge < -0.3 is 15.6 Å². The number of hydrogen-bond acceptors (Lipinski definition) is 4. The topological polar surface area (TPSA) is 68.4 Å². The second kappa shape index (κ2) is 4.13. The number of aromatic nitrogens is 1. The maximum absolute atomic E-state index is 8.64. The summed E-state index contributed by atoms with van der Waals surface area (Å²) in [7, 11) is 1.51. The largest absolute Gasteiger partial charge is 0.513 e. The number of nitrogens with zero attached hydrogens (tertiary/aromatic N) is 1. The monoisotopic (exact) mass is 244 g/mol. The number of halogens is 1. The fraction of sp³-hybridized carbons (Fsp3) is 0.125. The zero-order valence-electron chi connectivity index (χ0n) is 6.99. The van der Waals surface area contributed by atoms with Gasteiger partial charge in [0.05, 0.1) is 23.0 Å². The van der Waals surface area contributed by atoms with Crippen molar-refractivity contribution in [2.45, 2.75) is 0 Å². The molecule has 3 N–H and O–H groups in total. The molecule has 0 bridgehead atoms. The molecule has 0 unspecified atom stereocenters. The number of hydrogen-bond donors (Lipinski definition) is 2. The lowest BCUT2D eigenvalue weighted by Crippen LogP contribution is -2.00. The van der Waals surface area contributed by atoms with Crippen molar-refractivity contribution in [1.29, 1.82) is 0 Å². The number of aliphatic hydroxyl groups is 1. The standard InChI is InChI=1S/C8H9BrN2O2/c1-13-8-5(9)2-3-7(11-8)6(10)4-12/h2-4,12H,10H2,1H3/b6-4-. The second-order valence-corrected chi connectivity index (χ2v) is 3.13. The first-order chi connectivity index (χ1) is 6.19. The van der Waals surface area contributed by atoms with E-state index in [1.807, 2.05) is 0 Å². The molecule has 1 aromatic rings. The van der Waals surface area contributed by atoms with Gasteiger partial charge in [-0.25, -0.2) is 4.98 Å². The van der Waals surface area contributed by atoms with E-state index >= 15 is 0 Å². The molecule has 0 atom stereocenters. The van der Waals surface area contributed by atoms with Gasteiger partial charge in [0.2, 0.25) is 5.88 Å². The summed E-state index contributed by atoms with van der Waals surface area (Å²) in [6, 6.07) is 3.42. The second-order valence-electron chi connectivity index (χ2n) is 2.27. The van der Waals surface area contributed by atoms with E-state index in [2.05, 4.69) is 20.9 Å². The van der Waals surface area contributed by atoms with Gasteiger partial charge in [-0.15, -0.1) is 0 Å². The number of aliphatic hydroxyl groups excluding tert-OH is 1. The summed E-state index contributed by atoms with van der Waals surface area (Å²) in [4.78, 5) is 4.04. The Hall–Kier alpha value is -1.23. The molecule has 0 saturated carbocycles. The van der Waals surface area contributed by atoms with Crippen LogP contribution in [0.2, 0.25) is 0 Å². The Morgan fingerprint density at radius 2 is 2.38 bits per heavy atom. The van der Waals surface area contributed by atoms with E-state index in [1.165, 1.54) is 7.11 Å². The molecule has 4 nitrogen and oxygen atoms in total. The minimum absolute atomic E-state index is 0.200. The Morgan fingerprint density at radius 3 is 2.92 bits per heavy atom. The van der Waals surface area contributed by atoms with Gasteiger partial charge >= 0.3 is 0 Å². The molecule has 5 heteroatoms. The number of rotatable bonds is 2. The normalized spacial score (nSPS) is 11.4. The Balaban J connectivity index is 3.13. The Bertz CT molecular complexity index is 339. The average Bonchev–Trinajstić information content (AvgIpc) is 2.17. The summed E-state index contributed by atoms with van der Waals surface area (Å²) >= 11 is 3.25. The van der Waals surface area contributed by atoms with Crippen LogP contribution in [0.4, 0.5) is 0 Å². The van der Waals surface area contributed by atoms with E-state index in [9.17, 15) is 0 Å². The zero-order chi connectivity index (χ0) is 9.84. The number of nitrogens with two attached hydrogens (primary N) is 1. The van der Waals surface area contributed by atoms with E-state index in [0.717, 1.165) is 10.7 Å². The van der Waals surface area contributed by atoms with Crippen molar-refractivity contribution < 1.29 is 9.84 Å². The molecule has 13 heavy (non-hydrogen) atoms. The summed E-state index contributed by atoms with van der Waals surface area (Å²) in [6.07, 6.45) is 0.801. The average molecular weight is 245 g/mol. The molecule has 0 saturated heterocycles. The molecule has 0 spiro atoms. The lowest BCUT2D eigenvalue weighted by atomic mass is 10.3. The molecule has 0 aliphatic carbocycles. The maximum Gasteiger partial charge on any atom is 0.228 e. The highest BCUT2D eigenvalue weighted by molar-refractivity contribution is 9.10. The van der Waals surface area contributed by atoms with Gasteiger partial charge in [-0.3, -0.25) is 0 Å². The Labute approximate surface area is 84.2 Å². The van der Waals surface area contributed by atoms with Crippen LogP contribution >= 0.6 is 15.9 Å². The fourth-order valence-electron chi connectivity index (χ4n) is 0.794. The summed E-state index contributed by atoms with van der Waals surface area (Å²) < 4.78 is 5.70. The first-order valence-corrected chi connectivity index (χ1v) is 4.29. The Kier molecular flexibility index (Phi) is 3.13. The van der Waals surface area contributed by atoms with Crippen LogP contribution in [0, 0.1) is 0 Å². The molecular weight excluding hydrogens is 236 g/mol. The molecule has 1 aromatic heterocycles. The van der Waals surface area contributed by atoms with E-state index in [0.29, 0.717) is 11.6 Å². The van der Waals surface area contributed by atoms with Gasteiger partial charge in [0.25, 0.3) is 0 Å². The number of ether oxygens (including phenoxy) is 1. The van der Waals surface area contributed by atoms with Crippen molar-refractivity contribution in [1.82, 2.24) is 4.98 Å². The molecule has 0 aliphatic heterocycles. The lowest BCUT2D eigenvalue weighted by molar-refractivity contribution is 0.394. The zero-order valence-corrected chi connectivity index (χ0v) is 8.58. The smallest absolute Gasteiger partial charge is 0.228 e. The van der Waals surface area contributed by atoms with Gasteiger partial charge in [-0.1, -0.05) is 0 Å². The van der Waals surface area contributed by atoms with E-state index in [-0.39, 0.29) is 5.70 Å². The highest BCUT2D eigenvalue weighted by Crippen LogP contribution is 2.23. The predicted molar refractivity (Wildman–Crippen MR) is 53.3 cm³/mol. The lowest BCUT2D eigenvalue weighted by Gasteiger charge is -2.04. The van der Waals surface area contributed by atoms with E-state index in [1.54, 1.807) is 12.1 Å². The van der Waals surface area contributed by atoms with Crippen LogP contribution < -0.4 is 10.5 Å². The van der Waals surface area contributed by atoms with Gasteiger partial charge in [-0.2, -0.15) is 0 Å². The molecule has 70 valence electrons. The number of pyridine rings is 1. The maximum atomic E-state index is 8.64. The summed E-state index contributed by atoms with van der Waals surface area (Å²) in [5, 5.41) is 8.64. The highest BCUT2D eigenvalue weighted by Gasteiger charge is 2.04. The van der Waals surface area contributed by atoms with Gasteiger partial charge in [0.1, 0.15) is 6.26 Å². The third-order valence-electron chi connectivity index (χ3n) is 1.44. The third kappa shape index (κ3) is 2.12. The molecule has 1 rings (SSSR count). The minimum atomic E-state index is 0.200. The number of methoxy groups -OCH3 is 1. The first kappa shape index (κ1) is 9.85. The molecule has 0 radical (unpaired) electrons. The van der Waals surface area contributed by atoms with E-state index < -0.39 is 0 Å². The summed E-state index contributed by atoms with van der Waals surface area (Å²) in [5.41, 5.74) is 6.12. The van der Waals surface area contributed by atoms with Crippen LogP contribution in [0.5, 0.6) is 5.88 Å². The summed E-state index contributed by atoms with van der Waals surface area (Å²) in [6.45, 7) is 0. The van der Waals surface area contributed by atoms with Gasteiger partial charge in [0.15, 0.2) is 0 Å². The fourth-order valence-corrected chi connectivity index (χ4v) is 1.18. The quantitative estimate of drug-likeness (QED) is 0.777. The molecule has 1 heterocycles. The third-order valence-corrected chi connectivity index (χ3v) is 2.05. The molecule has 0 amide bonds. The highest BCUT2D eigenvalue weighted by atomic mass is 79.9. The van der Waals surface area contributed by atoms with Crippen molar-refractivity contribution in [2.24, 2.45) is 5.73 Å². The van der Waals surface area contributed by atoms with Crippen molar-refractivity contribution in [3.05, 3.63) is 28.6 Å². The van der Waals surface area contributed by atoms with Gasteiger partial charge in [-0.05, 0) is 28.1 Å². The first-order valence-electron chi connectivity index (χ1n) is 3.49. The van der Waals surface area contributed by atoms with E-state index in [4.69, 9.17) is 15.6 Å². The van der Waals surface area contributed by atoms with Crippen LogP contribution in [0.1, 0.15) is 5.69 Å². The van der Waals surface area contributed by atoms with Crippen LogP contribution in [0.3, 0.4) is 0 Å². The van der Waals surface area contributed by atoms with Crippen LogP contribution in [-0.2, 0) is 0 Å². The van der Waals surface area contributed by atoms with Crippen molar-refractivity contribution >= 4 is 21.6 Å². The molecule has 0 fully saturated rings. The molecular formula is C8H9BrN2O2. The predicted octanol–water partition coefficient (Wildman–Crippen LogP) is 1.67. The van der Waals surface area contributed by atoms with Crippen LogP contribution in [-0.4, -0.2) is 17.2 Å². The van der Waals surface area contributed by atoms with Crippen LogP contribution in [0.15, 0.2) is 22.9 Å². The van der Waals surface area contributed by atoms with Crippen molar-refractivity contribution in [2.75, 3.05) is 7.11 Å².